The van der Waals surface area contributed by atoms with Crippen LogP contribution in [0.4, 0.5) is 0 Å². The zero-order chi connectivity index (χ0) is 12.0. The van der Waals surface area contributed by atoms with Crippen molar-refractivity contribution in [3.8, 4) is 0 Å². The second kappa shape index (κ2) is 3.56. The van der Waals surface area contributed by atoms with Crippen molar-refractivity contribution in [3.63, 3.8) is 0 Å². The predicted molar refractivity (Wildman–Crippen MR) is 67.1 cm³/mol. The number of rotatable bonds is 3. The molecule has 1 heterocycles. The number of nitrogens with one attached hydrogen (secondary N) is 1. The second-order valence-electron chi connectivity index (χ2n) is 6.02. The molecular weight excluding hydrogens is 196 g/mol. The van der Waals surface area contributed by atoms with Crippen molar-refractivity contribution < 1.29 is 0 Å². The van der Waals surface area contributed by atoms with Crippen molar-refractivity contribution >= 4 is 0 Å². The normalized spacial score (nSPS) is 24.1. The van der Waals surface area contributed by atoms with E-state index in [4.69, 9.17) is 0 Å². The van der Waals surface area contributed by atoms with E-state index in [1.165, 1.54) is 0 Å². The lowest BCUT2D eigenvalue weighted by molar-refractivity contribution is 0.457. The molecule has 0 saturated heterocycles. The first-order chi connectivity index (χ1) is 7.37. The summed E-state index contributed by atoms with van der Waals surface area (Å²) in [6.45, 7) is 11.5. The monoisotopic (exact) mass is 218 g/mol. The molecule has 1 fully saturated rings. The highest BCUT2D eigenvalue weighted by atomic mass is 15.1. The highest BCUT2D eigenvalue weighted by molar-refractivity contribution is 5.20. The van der Waals surface area contributed by atoms with Gasteiger partial charge in [0.2, 0.25) is 0 Å². The molecule has 2 heteroatoms. The number of pyridine rings is 1. The molecule has 0 radical (unpaired) electrons. The van der Waals surface area contributed by atoms with Crippen LogP contribution in [0.2, 0.25) is 0 Å². The summed E-state index contributed by atoms with van der Waals surface area (Å²) in [5.74, 6) is 0. The fraction of sp³-hybridized carbons (Fsp3) is 0.643. The van der Waals surface area contributed by atoms with Gasteiger partial charge in [-0.05, 0) is 29.9 Å². The molecule has 1 N–H and O–H groups in total. The van der Waals surface area contributed by atoms with E-state index in [0.717, 1.165) is 5.69 Å². The Kier molecular flexibility index (Phi) is 2.58. The third-order valence-electron chi connectivity index (χ3n) is 4.57. The van der Waals surface area contributed by atoms with E-state index in [2.05, 4.69) is 51.0 Å². The van der Waals surface area contributed by atoms with Gasteiger partial charge in [-0.15, -0.1) is 0 Å². The molecule has 88 valence electrons. The van der Waals surface area contributed by atoms with E-state index in [0.29, 0.717) is 22.9 Å². The average Bonchev–Trinajstić information content (AvgIpc) is 2.62. The first-order valence-electron chi connectivity index (χ1n) is 6.04. The molecule has 0 bridgehead atoms. The molecule has 16 heavy (non-hydrogen) atoms. The molecule has 0 aromatic carbocycles. The SMILES string of the molecule is CC(NC1C(C)(C)C1(C)C)c1ccccn1. The van der Waals surface area contributed by atoms with Crippen LogP contribution in [0, 0.1) is 10.8 Å². The Morgan fingerprint density at radius 2 is 1.81 bits per heavy atom. The van der Waals surface area contributed by atoms with Crippen LogP contribution in [0.25, 0.3) is 0 Å². The van der Waals surface area contributed by atoms with Gasteiger partial charge in [0.25, 0.3) is 0 Å². The summed E-state index contributed by atoms with van der Waals surface area (Å²) in [6, 6.07) is 6.99. The van der Waals surface area contributed by atoms with Crippen LogP contribution in [0.15, 0.2) is 24.4 Å². The van der Waals surface area contributed by atoms with Crippen LogP contribution in [-0.2, 0) is 0 Å². The first-order valence-corrected chi connectivity index (χ1v) is 6.04. The van der Waals surface area contributed by atoms with Crippen molar-refractivity contribution in [2.75, 3.05) is 0 Å². The van der Waals surface area contributed by atoms with Crippen LogP contribution < -0.4 is 5.32 Å². The lowest BCUT2D eigenvalue weighted by Gasteiger charge is -2.14. The van der Waals surface area contributed by atoms with Crippen molar-refractivity contribution in [1.29, 1.82) is 0 Å². The Morgan fingerprint density at radius 1 is 1.19 bits per heavy atom. The molecule has 1 atom stereocenters. The Labute approximate surface area is 98.5 Å². The molecule has 1 saturated carbocycles. The fourth-order valence-electron chi connectivity index (χ4n) is 2.58. The summed E-state index contributed by atoms with van der Waals surface area (Å²) < 4.78 is 0. The molecule has 1 aliphatic rings. The van der Waals surface area contributed by atoms with E-state index in [-0.39, 0.29) is 0 Å². The van der Waals surface area contributed by atoms with Gasteiger partial charge in [-0.25, -0.2) is 0 Å². The predicted octanol–water partition coefficient (Wildman–Crippen LogP) is 3.17. The topological polar surface area (TPSA) is 24.9 Å². The molecule has 1 aromatic heterocycles. The first kappa shape index (κ1) is 11.6. The average molecular weight is 218 g/mol. The quantitative estimate of drug-likeness (QED) is 0.843. The van der Waals surface area contributed by atoms with Crippen LogP contribution in [-0.4, -0.2) is 11.0 Å². The van der Waals surface area contributed by atoms with E-state index < -0.39 is 0 Å². The molecular formula is C14H22N2. The highest BCUT2D eigenvalue weighted by Crippen LogP contribution is 2.63. The summed E-state index contributed by atoms with van der Waals surface area (Å²) in [5, 5.41) is 3.69. The largest absolute Gasteiger partial charge is 0.305 e. The summed E-state index contributed by atoms with van der Waals surface area (Å²) in [4.78, 5) is 4.39. The molecule has 1 aliphatic carbocycles. The van der Waals surface area contributed by atoms with Crippen molar-refractivity contribution in [2.24, 2.45) is 10.8 Å². The molecule has 2 rings (SSSR count). The van der Waals surface area contributed by atoms with Gasteiger partial charge in [-0.2, -0.15) is 0 Å². The zero-order valence-electron chi connectivity index (χ0n) is 10.9. The van der Waals surface area contributed by atoms with Gasteiger partial charge in [0.15, 0.2) is 0 Å². The second-order valence-corrected chi connectivity index (χ2v) is 6.02. The number of hydrogen-bond donors (Lipinski definition) is 1. The molecule has 2 nitrogen and oxygen atoms in total. The van der Waals surface area contributed by atoms with E-state index >= 15 is 0 Å². The lowest BCUT2D eigenvalue weighted by Crippen LogP contribution is -2.26. The maximum Gasteiger partial charge on any atom is 0.0570 e. The molecule has 0 spiro atoms. The minimum absolute atomic E-state index is 0.326. The Morgan fingerprint density at radius 3 is 2.25 bits per heavy atom. The minimum Gasteiger partial charge on any atom is -0.305 e. The number of hydrogen-bond acceptors (Lipinski definition) is 2. The lowest BCUT2D eigenvalue weighted by atomic mass is 10.0. The number of nitrogens with zero attached hydrogens (tertiary/aromatic N) is 1. The van der Waals surface area contributed by atoms with Crippen LogP contribution in [0.5, 0.6) is 0 Å². The molecule has 0 amide bonds. The van der Waals surface area contributed by atoms with Crippen LogP contribution in [0.1, 0.15) is 46.4 Å². The van der Waals surface area contributed by atoms with Gasteiger partial charge < -0.3 is 5.32 Å². The van der Waals surface area contributed by atoms with Gasteiger partial charge >= 0.3 is 0 Å². The highest BCUT2D eigenvalue weighted by Gasteiger charge is 2.64. The van der Waals surface area contributed by atoms with Crippen LogP contribution in [0.3, 0.4) is 0 Å². The Hall–Kier alpha value is -0.890. The van der Waals surface area contributed by atoms with Gasteiger partial charge in [-0.3, -0.25) is 4.98 Å². The van der Waals surface area contributed by atoms with E-state index in [1.54, 1.807) is 0 Å². The van der Waals surface area contributed by atoms with E-state index in [1.807, 2.05) is 18.3 Å². The van der Waals surface area contributed by atoms with Crippen molar-refractivity contribution in [2.45, 2.75) is 46.7 Å². The maximum atomic E-state index is 4.39. The zero-order valence-corrected chi connectivity index (χ0v) is 10.9. The Bertz CT molecular complexity index is 354. The number of aromatic nitrogens is 1. The standard InChI is InChI=1S/C14H22N2/c1-10(11-8-6-7-9-15-11)16-12-13(2,3)14(12,4)5/h6-10,12,16H,1-5H3. The Balaban J connectivity index is 2.03. The molecule has 1 aromatic rings. The van der Waals surface area contributed by atoms with Gasteiger partial charge in [0, 0.05) is 18.3 Å². The summed E-state index contributed by atoms with van der Waals surface area (Å²) >= 11 is 0. The maximum absolute atomic E-state index is 4.39. The van der Waals surface area contributed by atoms with Crippen molar-refractivity contribution in [3.05, 3.63) is 30.1 Å². The van der Waals surface area contributed by atoms with Crippen molar-refractivity contribution in [1.82, 2.24) is 10.3 Å². The summed E-state index contributed by atoms with van der Waals surface area (Å²) in [6.07, 6.45) is 1.86. The van der Waals surface area contributed by atoms with Crippen LogP contribution >= 0.6 is 0 Å². The van der Waals surface area contributed by atoms with Gasteiger partial charge in [0.1, 0.15) is 0 Å². The summed E-state index contributed by atoms with van der Waals surface area (Å²) in [7, 11) is 0. The molecule has 1 unspecified atom stereocenters. The third kappa shape index (κ3) is 1.65. The summed E-state index contributed by atoms with van der Waals surface area (Å²) in [5.41, 5.74) is 1.90. The minimum atomic E-state index is 0.326. The van der Waals surface area contributed by atoms with Gasteiger partial charge in [0.05, 0.1) is 5.69 Å². The smallest absolute Gasteiger partial charge is 0.0570 e. The third-order valence-corrected chi connectivity index (χ3v) is 4.57. The van der Waals surface area contributed by atoms with E-state index in [9.17, 15) is 0 Å². The fourth-order valence-corrected chi connectivity index (χ4v) is 2.58. The van der Waals surface area contributed by atoms with Gasteiger partial charge in [-0.1, -0.05) is 33.8 Å². The molecule has 0 aliphatic heterocycles.